The summed E-state index contributed by atoms with van der Waals surface area (Å²) in [6.45, 7) is -0.231. The van der Waals surface area contributed by atoms with E-state index in [1.54, 1.807) is 24.3 Å². The molecule has 0 heterocycles. The lowest BCUT2D eigenvalue weighted by Crippen LogP contribution is -2.12. The quantitative estimate of drug-likeness (QED) is 0.343. The minimum Gasteiger partial charge on any atom is -0.478 e. The minimum atomic E-state index is -0.537. The molecular formula is C14H10INO4. The van der Waals surface area contributed by atoms with Crippen molar-refractivity contribution in [3.05, 3.63) is 67.8 Å². The van der Waals surface area contributed by atoms with Crippen LogP contribution in [-0.4, -0.2) is 17.3 Å². The average Bonchev–Trinajstić information content (AvgIpc) is 2.45. The molecular weight excluding hydrogens is 373 g/mol. The van der Waals surface area contributed by atoms with E-state index in [-0.39, 0.29) is 23.8 Å². The summed E-state index contributed by atoms with van der Waals surface area (Å²) in [5.41, 5.74) is 0.368. The molecule has 0 saturated heterocycles. The van der Waals surface area contributed by atoms with E-state index >= 15 is 0 Å². The smallest absolute Gasteiger partial charge is 0.310 e. The van der Waals surface area contributed by atoms with E-state index in [0.717, 1.165) is 3.57 Å². The molecule has 5 nitrogen and oxygen atoms in total. The molecule has 20 heavy (non-hydrogen) atoms. The van der Waals surface area contributed by atoms with Crippen LogP contribution < -0.4 is 4.74 Å². The van der Waals surface area contributed by atoms with Crippen LogP contribution >= 0.6 is 22.6 Å². The first-order chi connectivity index (χ1) is 9.58. The fraction of sp³-hybridized carbons (Fsp3) is 0.0714. The standard InChI is InChI=1S/C14H10INO4/c15-11-7-5-10(6-8-11)13(17)9-20-14-4-2-1-3-12(14)16(18)19/h1-8H,9H2. The van der Waals surface area contributed by atoms with Crippen LogP contribution in [0.25, 0.3) is 0 Å². The zero-order valence-corrected chi connectivity index (χ0v) is 12.4. The topological polar surface area (TPSA) is 69.4 Å². The van der Waals surface area contributed by atoms with E-state index in [0.29, 0.717) is 5.56 Å². The summed E-state index contributed by atoms with van der Waals surface area (Å²) >= 11 is 2.14. The lowest BCUT2D eigenvalue weighted by Gasteiger charge is -2.06. The summed E-state index contributed by atoms with van der Waals surface area (Å²) < 4.78 is 6.28. The van der Waals surface area contributed by atoms with Crippen LogP contribution in [-0.2, 0) is 0 Å². The van der Waals surface area contributed by atoms with Crippen molar-refractivity contribution >= 4 is 34.1 Å². The molecule has 0 aliphatic heterocycles. The number of carbonyl (C=O) groups excluding carboxylic acids is 1. The lowest BCUT2D eigenvalue weighted by atomic mass is 10.1. The average molecular weight is 383 g/mol. The third-order valence-corrected chi connectivity index (χ3v) is 3.31. The third kappa shape index (κ3) is 3.53. The first-order valence-electron chi connectivity index (χ1n) is 5.73. The van der Waals surface area contributed by atoms with Crippen molar-refractivity contribution < 1.29 is 14.5 Å². The van der Waals surface area contributed by atoms with Crippen molar-refractivity contribution in [1.29, 1.82) is 0 Å². The molecule has 0 fully saturated rings. The van der Waals surface area contributed by atoms with Crippen LogP contribution in [0.3, 0.4) is 0 Å². The number of carbonyl (C=O) groups is 1. The second-order valence-electron chi connectivity index (χ2n) is 3.94. The molecule has 0 unspecified atom stereocenters. The molecule has 0 radical (unpaired) electrons. The Morgan fingerprint density at radius 1 is 1.15 bits per heavy atom. The van der Waals surface area contributed by atoms with Gasteiger partial charge in [0, 0.05) is 15.2 Å². The van der Waals surface area contributed by atoms with Gasteiger partial charge in [-0.25, -0.2) is 0 Å². The number of ether oxygens (including phenoxy) is 1. The van der Waals surface area contributed by atoms with Crippen LogP contribution in [0.15, 0.2) is 48.5 Å². The molecule has 6 heteroatoms. The van der Waals surface area contributed by atoms with E-state index in [1.807, 2.05) is 12.1 Å². The Morgan fingerprint density at radius 3 is 2.45 bits per heavy atom. The highest BCUT2D eigenvalue weighted by Crippen LogP contribution is 2.25. The van der Waals surface area contributed by atoms with Gasteiger partial charge in [0.1, 0.15) is 0 Å². The Bertz CT molecular complexity index is 640. The predicted molar refractivity (Wildman–Crippen MR) is 82.1 cm³/mol. The fourth-order valence-electron chi connectivity index (χ4n) is 1.59. The normalized spacial score (nSPS) is 10.1. The fourth-order valence-corrected chi connectivity index (χ4v) is 1.95. The van der Waals surface area contributed by atoms with Gasteiger partial charge >= 0.3 is 5.69 Å². The maximum atomic E-state index is 11.9. The second kappa shape index (κ2) is 6.47. The van der Waals surface area contributed by atoms with Gasteiger partial charge in [-0.2, -0.15) is 0 Å². The van der Waals surface area contributed by atoms with Crippen LogP contribution in [0.4, 0.5) is 5.69 Å². The number of rotatable bonds is 5. The van der Waals surface area contributed by atoms with Gasteiger partial charge in [-0.1, -0.05) is 24.3 Å². The van der Waals surface area contributed by atoms with Gasteiger partial charge in [-0.05, 0) is 40.8 Å². The highest BCUT2D eigenvalue weighted by atomic mass is 127. The Kier molecular flexibility index (Phi) is 4.67. The van der Waals surface area contributed by atoms with Gasteiger partial charge in [0.15, 0.2) is 18.1 Å². The molecule has 0 saturated carbocycles. The Hall–Kier alpha value is -1.96. The number of nitrogens with zero attached hydrogens (tertiary/aromatic N) is 1. The second-order valence-corrected chi connectivity index (χ2v) is 5.19. The third-order valence-electron chi connectivity index (χ3n) is 2.59. The van der Waals surface area contributed by atoms with Crippen LogP contribution in [0, 0.1) is 13.7 Å². The molecule has 102 valence electrons. The number of nitro benzene ring substituents is 1. The molecule has 2 aromatic rings. The number of hydrogen-bond donors (Lipinski definition) is 0. The van der Waals surface area contributed by atoms with Gasteiger partial charge < -0.3 is 4.74 Å². The highest BCUT2D eigenvalue weighted by molar-refractivity contribution is 14.1. The number of para-hydroxylation sites is 2. The van der Waals surface area contributed by atoms with E-state index in [4.69, 9.17) is 4.74 Å². The molecule has 0 amide bonds. The molecule has 0 aliphatic carbocycles. The SMILES string of the molecule is O=C(COc1ccccc1[N+](=O)[O-])c1ccc(I)cc1. The Balaban J connectivity index is 2.07. The Labute approximate surface area is 128 Å². The van der Waals surface area contributed by atoms with Gasteiger partial charge in [-0.15, -0.1) is 0 Å². The molecule has 0 bridgehead atoms. The van der Waals surface area contributed by atoms with Crippen molar-refractivity contribution in [3.63, 3.8) is 0 Å². The number of benzene rings is 2. The molecule has 0 atom stereocenters. The molecule has 0 N–H and O–H groups in total. The zero-order chi connectivity index (χ0) is 14.5. The van der Waals surface area contributed by atoms with Crippen molar-refractivity contribution in [3.8, 4) is 5.75 Å². The molecule has 2 aromatic carbocycles. The number of halogens is 1. The first-order valence-corrected chi connectivity index (χ1v) is 6.81. The van der Waals surface area contributed by atoms with Gasteiger partial charge in [0.2, 0.25) is 0 Å². The number of hydrogen-bond acceptors (Lipinski definition) is 4. The monoisotopic (exact) mass is 383 g/mol. The molecule has 0 aliphatic rings. The highest BCUT2D eigenvalue weighted by Gasteiger charge is 2.15. The van der Waals surface area contributed by atoms with Crippen molar-refractivity contribution in [2.24, 2.45) is 0 Å². The maximum Gasteiger partial charge on any atom is 0.310 e. The van der Waals surface area contributed by atoms with E-state index in [2.05, 4.69) is 22.6 Å². The van der Waals surface area contributed by atoms with Crippen LogP contribution in [0.1, 0.15) is 10.4 Å². The summed E-state index contributed by atoms with van der Waals surface area (Å²) in [4.78, 5) is 22.2. The van der Waals surface area contributed by atoms with Crippen LogP contribution in [0.2, 0.25) is 0 Å². The number of ketones is 1. The Morgan fingerprint density at radius 2 is 1.80 bits per heavy atom. The van der Waals surface area contributed by atoms with E-state index in [9.17, 15) is 14.9 Å². The zero-order valence-electron chi connectivity index (χ0n) is 10.3. The minimum absolute atomic E-state index is 0.0939. The first kappa shape index (κ1) is 14.4. The van der Waals surface area contributed by atoms with E-state index in [1.165, 1.54) is 12.1 Å². The lowest BCUT2D eigenvalue weighted by molar-refractivity contribution is -0.385. The molecule has 0 aromatic heterocycles. The number of Topliss-reactive ketones (excluding diaryl/α,β-unsaturated/α-hetero) is 1. The number of nitro groups is 1. The van der Waals surface area contributed by atoms with E-state index < -0.39 is 4.92 Å². The van der Waals surface area contributed by atoms with Crippen molar-refractivity contribution in [2.45, 2.75) is 0 Å². The summed E-state index contributed by atoms with van der Waals surface area (Å²) in [7, 11) is 0. The summed E-state index contributed by atoms with van der Waals surface area (Å²) in [6.07, 6.45) is 0. The summed E-state index contributed by atoms with van der Waals surface area (Å²) in [5.74, 6) is -0.129. The molecule has 2 rings (SSSR count). The van der Waals surface area contributed by atoms with Gasteiger partial charge in [0.25, 0.3) is 0 Å². The maximum absolute atomic E-state index is 11.9. The van der Waals surface area contributed by atoms with Gasteiger partial charge in [-0.3, -0.25) is 14.9 Å². The van der Waals surface area contributed by atoms with Crippen LogP contribution in [0.5, 0.6) is 5.75 Å². The van der Waals surface area contributed by atoms with Crippen molar-refractivity contribution in [1.82, 2.24) is 0 Å². The summed E-state index contributed by atoms with van der Waals surface area (Å²) in [5, 5.41) is 10.8. The predicted octanol–water partition coefficient (Wildman–Crippen LogP) is 3.46. The largest absolute Gasteiger partial charge is 0.478 e. The summed E-state index contributed by atoms with van der Waals surface area (Å²) in [6, 6.07) is 13.0. The van der Waals surface area contributed by atoms with Crippen molar-refractivity contribution in [2.75, 3.05) is 6.61 Å². The van der Waals surface area contributed by atoms with Gasteiger partial charge in [0.05, 0.1) is 4.92 Å². The molecule has 0 spiro atoms.